The van der Waals surface area contributed by atoms with Crippen LogP contribution in [0.4, 0.5) is 0 Å². The molecule has 0 atom stereocenters. The zero-order valence-electron chi connectivity index (χ0n) is 22.8. The molecule has 1 saturated heterocycles. The molecule has 0 unspecified atom stereocenters. The van der Waals surface area contributed by atoms with E-state index >= 15 is 0 Å². The molecule has 0 spiro atoms. The number of benzene rings is 1. The van der Waals surface area contributed by atoms with Crippen molar-refractivity contribution in [2.24, 2.45) is 10.8 Å². The molecule has 5 rings (SSSR count). The number of ketones is 2. The van der Waals surface area contributed by atoms with E-state index in [1.807, 2.05) is 18.2 Å². The minimum Gasteiger partial charge on any atom is -0.496 e. The number of Topliss-reactive ketones (excluding diaryl/α,β-unsaturated/α-hetero) is 2. The van der Waals surface area contributed by atoms with Crippen molar-refractivity contribution in [3.8, 4) is 5.75 Å². The third kappa shape index (κ3) is 5.19. The maximum Gasteiger partial charge on any atom is 0.162 e. The summed E-state index contributed by atoms with van der Waals surface area (Å²) in [6.07, 6.45) is 2.60. The highest BCUT2D eigenvalue weighted by atomic mass is 79.9. The zero-order valence-corrected chi connectivity index (χ0v) is 24.4. The number of nitrogens with zero attached hydrogens (tertiary/aromatic N) is 2. The fourth-order valence-electron chi connectivity index (χ4n) is 6.63. The van der Waals surface area contributed by atoms with Gasteiger partial charge in [0, 0.05) is 77.5 Å². The zero-order chi connectivity index (χ0) is 26.5. The summed E-state index contributed by atoms with van der Waals surface area (Å²) in [7, 11) is 1.66. The lowest BCUT2D eigenvalue weighted by Gasteiger charge is -2.49. The Hall–Kier alpha value is -1.96. The van der Waals surface area contributed by atoms with Crippen LogP contribution < -0.4 is 4.74 Å². The third-order valence-corrected chi connectivity index (χ3v) is 8.76. The first-order chi connectivity index (χ1) is 17.5. The number of halogens is 1. The summed E-state index contributed by atoms with van der Waals surface area (Å²) >= 11 is 3.63. The average Bonchev–Trinajstić information content (AvgIpc) is 2.81. The molecule has 2 heterocycles. The minimum atomic E-state index is -0.399. The molecule has 6 nitrogen and oxygen atoms in total. The molecule has 1 aromatic rings. The lowest BCUT2D eigenvalue weighted by atomic mass is 9.63. The van der Waals surface area contributed by atoms with Crippen LogP contribution in [0.3, 0.4) is 0 Å². The van der Waals surface area contributed by atoms with Crippen molar-refractivity contribution >= 4 is 27.5 Å². The number of ether oxygens (including phenoxy) is 2. The Balaban J connectivity index is 1.70. The van der Waals surface area contributed by atoms with Gasteiger partial charge in [0.1, 0.15) is 5.75 Å². The van der Waals surface area contributed by atoms with Crippen LogP contribution in [0.15, 0.2) is 45.2 Å². The predicted octanol–water partition coefficient (Wildman–Crippen LogP) is 5.48. The molecule has 0 radical (unpaired) electrons. The van der Waals surface area contributed by atoms with E-state index in [4.69, 9.17) is 9.47 Å². The van der Waals surface area contributed by atoms with Crippen molar-refractivity contribution < 1.29 is 19.1 Å². The van der Waals surface area contributed by atoms with Crippen LogP contribution >= 0.6 is 15.9 Å². The molecule has 0 aromatic heterocycles. The largest absolute Gasteiger partial charge is 0.496 e. The first-order valence-electron chi connectivity index (χ1n) is 13.4. The van der Waals surface area contributed by atoms with Crippen molar-refractivity contribution in [3.63, 3.8) is 0 Å². The number of methoxy groups -OCH3 is 1. The van der Waals surface area contributed by atoms with Crippen LogP contribution in [-0.4, -0.2) is 67.9 Å². The summed E-state index contributed by atoms with van der Waals surface area (Å²) in [5.41, 5.74) is 4.42. The molecule has 2 aliphatic carbocycles. The van der Waals surface area contributed by atoms with Gasteiger partial charge in [0.2, 0.25) is 0 Å². The first-order valence-corrected chi connectivity index (χ1v) is 14.2. The van der Waals surface area contributed by atoms with Gasteiger partial charge in [-0.25, -0.2) is 0 Å². The quantitative estimate of drug-likeness (QED) is 0.467. The lowest BCUT2D eigenvalue weighted by molar-refractivity contribution is -0.119. The van der Waals surface area contributed by atoms with Gasteiger partial charge >= 0.3 is 0 Å². The molecule has 0 bridgehead atoms. The Bertz CT molecular complexity index is 1120. The summed E-state index contributed by atoms with van der Waals surface area (Å²) < 4.78 is 12.3. The van der Waals surface area contributed by atoms with Crippen LogP contribution in [0.1, 0.15) is 64.9 Å². The fourth-order valence-corrected chi connectivity index (χ4v) is 7.00. The second kappa shape index (κ2) is 9.97. The Labute approximate surface area is 229 Å². The van der Waals surface area contributed by atoms with Crippen molar-refractivity contribution in [1.82, 2.24) is 9.80 Å². The van der Waals surface area contributed by atoms with Gasteiger partial charge in [0.25, 0.3) is 0 Å². The number of carbonyl (C=O) groups excluding carboxylic acids is 2. The maximum atomic E-state index is 14.0. The van der Waals surface area contributed by atoms with Crippen molar-refractivity contribution in [3.05, 3.63) is 50.8 Å². The summed E-state index contributed by atoms with van der Waals surface area (Å²) in [6, 6.07) is 5.91. The molecular formula is C30H39BrN2O4. The summed E-state index contributed by atoms with van der Waals surface area (Å²) in [6.45, 7) is 13.7. The molecule has 37 heavy (non-hydrogen) atoms. The van der Waals surface area contributed by atoms with Gasteiger partial charge in [0.05, 0.1) is 20.3 Å². The Kier molecular flexibility index (Phi) is 7.18. The Morgan fingerprint density at radius 2 is 1.49 bits per heavy atom. The molecule has 0 amide bonds. The monoisotopic (exact) mass is 570 g/mol. The molecule has 0 N–H and O–H groups in total. The van der Waals surface area contributed by atoms with E-state index in [0.29, 0.717) is 18.6 Å². The van der Waals surface area contributed by atoms with Gasteiger partial charge in [-0.15, -0.1) is 0 Å². The molecule has 2 aliphatic heterocycles. The number of morpholine rings is 1. The van der Waals surface area contributed by atoms with Crippen LogP contribution in [0.2, 0.25) is 0 Å². The Morgan fingerprint density at radius 3 is 2.03 bits per heavy atom. The van der Waals surface area contributed by atoms with Gasteiger partial charge < -0.3 is 14.4 Å². The third-order valence-electron chi connectivity index (χ3n) is 8.27. The Morgan fingerprint density at radius 1 is 0.919 bits per heavy atom. The molecule has 7 heteroatoms. The topological polar surface area (TPSA) is 59.1 Å². The van der Waals surface area contributed by atoms with E-state index in [-0.39, 0.29) is 22.4 Å². The van der Waals surface area contributed by atoms with Crippen LogP contribution in [0.5, 0.6) is 5.75 Å². The fraction of sp³-hybridized carbons (Fsp3) is 0.600. The molecule has 1 fully saturated rings. The van der Waals surface area contributed by atoms with Crippen molar-refractivity contribution in [2.75, 3.05) is 46.5 Å². The highest BCUT2D eigenvalue weighted by Gasteiger charge is 2.49. The first kappa shape index (κ1) is 26.6. The molecule has 4 aliphatic rings. The van der Waals surface area contributed by atoms with Gasteiger partial charge in [-0.1, -0.05) is 43.6 Å². The van der Waals surface area contributed by atoms with Gasteiger partial charge in [-0.3, -0.25) is 14.5 Å². The lowest BCUT2D eigenvalue weighted by Crippen LogP contribution is -2.47. The van der Waals surface area contributed by atoms with E-state index in [9.17, 15) is 9.59 Å². The van der Waals surface area contributed by atoms with E-state index in [1.165, 1.54) is 0 Å². The standard InChI is InChI=1S/C30H39BrN2O4/c1-29(2)15-21-27(23(34)17-29)26(20-14-19(31)6-7-25(20)36-5)28-22(16-30(3,4)18-24(28)35)33(21)9-8-32-10-12-37-13-11-32/h6-7,14,26H,8-13,15-18H2,1-5H3. The summed E-state index contributed by atoms with van der Waals surface area (Å²) in [5.74, 6) is 0.617. The minimum absolute atomic E-state index is 0.134. The highest BCUT2D eigenvalue weighted by Crippen LogP contribution is 2.55. The van der Waals surface area contributed by atoms with E-state index in [0.717, 1.165) is 84.8 Å². The molecular weight excluding hydrogens is 532 g/mol. The second-order valence-electron chi connectivity index (χ2n) is 12.5. The SMILES string of the molecule is COc1ccc(Br)cc1C1C2=C(CC(C)(C)CC2=O)N(CCN2CCOCC2)C2=C1C(=O)CC(C)(C)C2. The van der Waals surface area contributed by atoms with Gasteiger partial charge in [-0.2, -0.15) is 0 Å². The van der Waals surface area contributed by atoms with E-state index in [2.05, 4.69) is 53.4 Å². The number of rotatable bonds is 5. The number of carbonyl (C=O) groups is 2. The number of hydrogen-bond donors (Lipinski definition) is 0. The van der Waals surface area contributed by atoms with Crippen LogP contribution in [0, 0.1) is 10.8 Å². The summed E-state index contributed by atoms with van der Waals surface area (Å²) in [5, 5.41) is 0. The molecule has 1 aromatic carbocycles. The smallest absolute Gasteiger partial charge is 0.162 e. The summed E-state index contributed by atoms with van der Waals surface area (Å²) in [4.78, 5) is 32.8. The average molecular weight is 572 g/mol. The normalized spacial score (nSPS) is 24.3. The van der Waals surface area contributed by atoms with Crippen LogP contribution in [-0.2, 0) is 14.3 Å². The van der Waals surface area contributed by atoms with E-state index in [1.54, 1.807) is 7.11 Å². The second-order valence-corrected chi connectivity index (χ2v) is 13.4. The molecule has 0 saturated carbocycles. The number of allylic oxidation sites excluding steroid dienone is 4. The molecule has 200 valence electrons. The van der Waals surface area contributed by atoms with Gasteiger partial charge in [-0.05, 0) is 41.9 Å². The maximum absolute atomic E-state index is 14.0. The van der Waals surface area contributed by atoms with Gasteiger partial charge in [0.15, 0.2) is 11.6 Å². The van der Waals surface area contributed by atoms with E-state index < -0.39 is 5.92 Å². The number of hydrogen-bond acceptors (Lipinski definition) is 6. The van der Waals surface area contributed by atoms with Crippen molar-refractivity contribution in [1.29, 1.82) is 0 Å². The van der Waals surface area contributed by atoms with Crippen molar-refractivity contribution in [2.45, 2.75) is 59.3 Å². The van der Waals surface area contributed by atoms with Crippen LogP contribution in [0.25, 0.3) is 0 Å². The predicted molar refractivity (Wildman–Crippen MR) is 147 cm³/mol. The highest BCUT2D eigenvalue weighted by molar-refractivity contribution is 9.10.